The van der Waals surface area contributed by atoms with Gasteiger partial charge in [-0.1, -0.05) is 12.2 Å². The minimum atomic E-state index is -1.80. The number of halogens is 2. The van der Waals surface area contributed by atoms with E-state index in [1.165, 1.54) is 24.0 Å². The monoisotopic (exact) mass is 363 g/mol. The molecular formula is C18H19F2N3O3. The maximum Gasteiger partial charge on any atom is 0.325 e. The second-order valence-electron chi connectivity index (χ2n) is 5.95. The van der Waals surface area contributed by atoms with E-state index in [4.69, 9.17) is 0 Å². The highest BCUT2D eigenvalue weighted by Gasteiger charge is 2.51. The Bertz CT molecular complexity index is 771. The molecule has 1 N–H and O–H groups in total. The van der Waals surface area contributed by atoms with E-state index in [-0.39, 0.29) is 18.7 Å². The number of urea groups is 1. The van der Waals surface area contributed by atoms with E-state index in [0.29, 0.717) is 4.90 Å². The van der Waals surface area contributed by atoms with Gasteiger partial charge in [0.25, 0.3) is 5.91 Å². The first-order valence-electron chi connectivity index (χ1n) is 7.83. The molecule has 1 unspecified atom stereocenters. The third-order valence-corrected chi connectivity index (χ3v) is 4.09. The van der Waals surface area contributed by atoms with Crippen LogP contribution in [0.25, 0.3) is 0 Å². The van der Waals surface area contributed by atoms with Gasteiger partial charge in [0.2, 0.25) is 5.91 Å². The maximum absolute atomic E-state index is 14.1. The quantitative estimate of drug-likeness (QED) is 0.595. The van der Waals surface area contributed by atoms with Gasteiger partial charge in [-0.25, -0.2) is 13.6 Å². The first kappa shape index (κ1) is 19.3. The molecule has 6 nitrogen and oxygen atoms in total. The lowest BCUT2D eigenvalue weighted by atomic mass is 9.91. The Balaban J connectivity index is 2.28. The van der Waals surface area contributed by atoms with Gasteiger partial charge in [0.15, 0.2) is 0 Å². The van der Waals surface area contributed by atoms with Gasteiger partial charge in [-0.15, -0.1) is 13.2 Å². The smallest absolute Gasteiger partial charge is 0.325 e. The molecule has 0 aromatic heterocycles. The number of nitrogens with one attached hydrogen (secondary N) is 1. The van der Waals surface area contributed by atoms with Crippen molar-refractivity contribution < 1.29 is 23.2 Å². The Kier molecular flexibility index (Phi) is 5.54. The molecule has 0 saturated carbocycles. The maximum atomic E-state index is 14.1. The van der Waals surface area contributed by atoms with E-state index in [0.717, 1.165) is 18.2 Å². The summed E-state index contributed by atoms with van der Waals surface area (Å²) in [5.74, 6) is -2.92. The standard InChI is InChI=1S/C18H19F2N3O3/c1-4-8-22(9-5-2)15(24)11-23-16(25)18(3,21-17(23)26)13-10-12(19)6-7-14(13)20/h4-7,10H,1-2,8-9,11H2,3H3,(H,21,26). The average molecular weight is 363 g/mol. The Morgan fingerprint density at radius 3 is 2.46 bits per heavy atom. The van der Waals surface area contributed by atoms with Crippen molar-refractivity contribution in [2.24, 2.45) is 0 Å². The largest absolute Gasteiger partial charge is 0.334 e. The fourth-order valence-corrected chi connectivity index (χ4v) is 2.73. The van der Waals surface area contributed by atoms with Crippen LogP contribution in [0.15, 0.2) is 43.5 Å². The van der Waals surface area contributed by atoms with Crippen molar-refractivity contribution in [1.29, 1.82) is 0 Å². The molecule has 8 heteroatoms. The normalized spacial score (nSPS) is 19.3. The Hall–Kier alpha value is -3.03. The molecule has 1 saturated heterocycles. The molecule has 1 aliphatic heterocycles. The Morgan fingerprint density at radius 1 is 1.27 bits per heavy atom. The molecule has 0 bridgehead atoms. The highest BCUT2D eigenvalue weighted by Crippen LogP contribution is 2.31. The predicted molar refractivity (Wildman–Crippen MR) is 90.9 cm³/mol. The van der Waals surface area contributed by atoms with Crippen molar-refractivity contribution in [3.63, 3.8) is 0 Å². The molecule has 1 fully saturated rings. The van der Waals surface area contributed by atoms with Gasteiger partial charge in [-0.05, 0) is 25.1 Å². The summed E-state index contributed by atoms with van der Waals surface area (Å²) >= 11 is 0. The van der Waals surface area contributed by atoms with Crippen molar-refractivity contribution in [2.45, 2.75) is 12.5 Å². The number of rotatable bonds is 7. The first-order valence-corrected chi connectivity index (χ1v) is 7.83. The molecule has 1 atom stereocenters. The van der Waals surface area contributed by atoms with Gasteiger partial charge in [0.05, 0.1) is 0 Å². The van der Waals surface area contributed by atoms with Crippen LogP contribution >= 0.6 is 0 Å². The van der Waals surface area contributed by atoms with Crippen LogP contribution in [-0.2, 0) is 15.1 Å². The fraction of sp³-hybridized carbons (Fsp3) is 0.278. The van der Waals surface area contributed by atoms with Gasteiger partial charge in [0.1, 0.15) is 23.7 Å². The predicted octanol–water partition coefficient (Wildman–Crippen LogP) is 1.93. The summed E-state index contributed by atoms with van der Waals surface area (Å²) in [5, 5.41) is 2.34. The second kappa shape index (κ2) is 7.47. The topological polar surface area (TPSA) is 69.7 Å². The van der Waals surface area contributed by atoms with E-state index in [2.05, 4.69) is 18.5 Å². The zero-order chi connectivity index (χ0) is 19.5. The van der Waals surface area contributed by atoms with Gasteiger partial charge < -0.3 is 10.2 Å². The van der Waals surface area contributed by atoms with Crippen LogP contribution in [0.5, 0.6) is 0 Å². The number of hydrogen-bond donors (Lipinski definition) is 1. The molecule has 1 aliphatic rings. The number of carbonyl (C=O) groups excluding carboxylic acids is 3. The van der Waals surface area contributed by atoms with Gasteiger partial charge in [-0.3, -0.25) is 14.5 Å². The minimum absolute atomic E-state index is 0.213. The summed E-state index contributed by atoms with van der Waals surface area (Å²) in [6.07, 6.45) is 3.00. The van der Waals surface area contributed by atoms with Crippen molar-refractivity contribution >= 4 is 17.8 Å². The summed E-state index contributed by atoms with van der Waals surface area (Å²) in [6.45, 7) is 8.25. The van der Waals surface area contributed by atoms with Crippen LogP contribution in [0.1, 0.15) is 12.5 Å². The molecular weight excluding hydrogens is 344 g/mol. The van der Waals surface area contributed by atoms with Crippen molar-refractivity contribution in [1.82, 2.24) is 15.1 Å². The molecule has 1 aromatic rings. The third kappa shape index (κ3) is 3.49. The molecule has 0 aliphatic carbocycles. The number of amides is 4. The van der Waals surface area contributed by atoms with E-state index < -0.39 is 41.6 Å². The third-order valence-electron chi connectivity index (χ3n) is 4.09. The highest BCUT2D eigenvalue weighted by molar-refractivity contribution is 6.09. The van der Waals surface area contributed by atoms with E-state index in [1.807, 2.05) is 0 Å². The second-order valence-corrected chi connectivity index (χ2v) is 5.95. The highest BCUT2D eigenvalue weighted by atomic mass is 19.1. The average Bonchev–Trinajstić information content (AvgIpc) is 2.80. The van der Waals surface area contributed by atoms with Crippen LogP contribution in [-0.4, -0.2) is 47.3 Å². The first-order chi connectivity index (χ1) is 12.2. The summed E-state index contributed by atoms with van der Waals surface area (Å²) in [5.41, 5.74) is -2.11. The van der Waals surface area contributed by atoms with Crippen LogP contribution in [0.3, 0.4) is 0 Å². The molecule has 0 radical (unpaired) electrons. The van der Waals surface area contributed by atoms with Crippen LogP contribution < -0.4 is 5.32 Å². The van der Waals surface area contributed by atoms with Gasteiger partial charge in [-0.2, -0.15) is 0 Å². The number of carbonyl (C=O) groups is 3. The summed E-state index contributed by atoms with van der Waals surface area (Å²) < 4.78 is 27.6. The van der Waals surface area contributed by atoms with Crippen molar-refractivity contribution in [2.75, 3.05) is 19.6 Å². The Morgan fingerprint density at radius 2 is 1.88 bits per heavy atom. The molecule has 26 heavy (non-hydrogen) atoms. The summed E-state index contributed by atoms with van der Waals surface area (Å²) in [6, 6.07) is 1.78. The lowest BCUT2D eigenvalue weighted by Crippen LogP contribution is -2.45. The van der Waals surface area contributed by atoms with Crippen LogP contribution in [0.2, 0.25) is 0 Å². The zero-order valence-electron chi connectivity index (χ0n) is 14.3. The number of hydrogen-bond acceptors (Lipinski definition) is 3. The molecule has 2 rings (SSSR count). The summed E-state index contributed by atoms with van der Waals surface area (Å²) in [4.78, 5) is 39.3. The minimum Gasteiger partial charge on any atom is -0.334 e. The SMILES string of the molecule is C=CCN(CC=C)C(=O)CN1C(=O)NC(C)(c2cc(F)ccc2F)C1=O. The Labute approximate surface area is 149 Å². The summed E-state index contributed by atoms with van der Waals surface area (Å²) in [7, 11) is 0. The molecule has 1 heterocycles. The molecule has 138 valence electrons. The van der Waals surface area contributed by atoms with E-state index in [9.17, 15) is 23.2 Å². The zero-order valence-corrected chi connectivity index (χ0v) is 14.3. The van der Waals surface area contributed by atoms with Gasteiger partial charge >= 0.3 is 6.03 Å². The van der Waals surface area contributed by atoms with Crippen molar-refractivity contribution in [3.05, 3.63) is 60.7 Å². The number of benzene rings is 1. The lowest BCUT2D eigenvalue weighted by molar-refractivity contribution is -0.138. The fourth-order valence-electron chi connectivity index (χ4n) is 2.73. The van der Waals surface area contributed by atoms with E-state index >= 15 is 0 Å². The van der Waals surface area contributed by atoms with E-state index in [1.54, 1.807) is 0 Å². The number of imide groups is 1. The number of nitrogens with zero attached hydrogens (tertiary/aromatic N) is 2. The van der Waals surface area contributed by atoms with Crippen LogP contribution in [0, 0.1) is 11.6 Å². The van der Waals surface area contributed by atoms with Gasteiger partial charge in [0, 0.05) is 18.7 Å². The molecule has 4 amide bonds. The molecule has 0 spiro atoms. The lowest BCUT2D eigenvalue weighted by Gasteiger charge is -2.24. The van der Waals surface area contributed by atoms with Crippen LogP contribution in [0.4, 0.5) is 13.6 Å². The van der Waals surface area contributed by atoms with Crippen molar-refractivity contribution in [3.8, 4) is 0 Å². The molecule has 1 aromatic carbocycles.